The number of piperazine rings is 1. The van der Waals surface area contributed by atoms with Crippen LogP contribution in [0.5, 0.6) is 0 Å². The molecule has 0 aliphatic carbocycles. The molecule has 3 heteroatoms. The average molecular weight is 186 g/mol. The van der Waals surface area contributed by atoms with Gasteiger partial charge in [0.15, 0.2) is 0 Å². The van der Waals surface area contributed by atoms with Crippen molar-refractivity contribution in [1.82, 2.24) is 9.80 Å². The molecule has 0 bridgehead atoms. The molecule has 3 nitrogen and oxygen atoms in total. The summed E-state index contributed by atoms with van der Waals surface area (Å²) in [6.07, 6.45) is 0. The first-order valence-corrected chi connectivity index (χ1v) is 5.08. The minimum Gasteiger partial charge on any atom is -0.383 e. The monoisotopic (exact) mass is 186 g/mol. The van der Waals surface area contributed by atoms with Crippen LogP contribution in [0, 0.1) is 0 Å². The van der Waals surface area contributed by atoms with Crippen LogP contribution in [0.2, 0.25) is 0 Å². The van der Waals surface area contributed by atoms with Crippen molar-refractivity contribution in [2.24, 2.45) is 0 Å². The number of nitrogens with zero attached hydrogens (tertiary/aromatic N) is 2. The Morgan fingerprint density at radius 3 is 2.62 bits per heavy atom. The van der Waals surface area contributed by atoms with Crippen LogP contribution in [0.15, 0.2) is 0 Å². The summed E-state index contributed by atoms with van der Waals surface area (Å²) >= 11 is 0. The number of methoxy groups -OCH3 is 1. The molecule has 13 heavy (non-hydrogen) atoms. The summed E-state index contributed by atoms with van der Waals surface area (Å²) in [6.45, 7) is 8.84. The first-order chi connectivity index (χ1) is 6.15. The molecule has 0 aromatic carbocycles. The Morgan fingerprint density at radius 1 is 1.38 bits per heavy atom. The van der Waals surface area contributed by atoms with Crippen molar-refractivity contribution < 1.29 is 4.74 Å². The van der Waals surface area contributed by atoms with Crippen molar-refractivity contribution in [2.75, 3.05) is 40.4 Å². The molecule has 0 spiro atoms. The second kappa shape index (κ2) is 4.94. The molecule has 1 unspecified atom stereocenters. The summed E-state index contributed by atoms with van der Waals surface area (Å²) in [5.41, 5.74) is 0. The first-order valence-electron chi connectivity index (χ1n) is 5.08. The van der Waals surface area contributed by atoms with Crippen LogP contribution in [0.3, 0.4) is 0 Å². The smallest absolute Gasteiger partial charge is 0.0630 e. The molecule has 1 heterocycles. The van der Waals surface area contributed by atoms with Gasteiger partial charge in [0, 0.05) is 38.8 Å². The Kier molecular flexibility index (Phi) is 4.16. The van der Waals surface area contributed by atoms with E-state index in [0.717, 1.165) is 13.2 Å². The fourth-order valence-corrected chi connectivity index (χ4v) is 2.05. The number of likely N-dealkylation sites (N-methyl/N-ethyl adjacent to an activating group) is 1. The quantitative estimate of drug-likeness (QED) is 0.644. The van der Waals surface area contributed by atoms with E-state index >= 15 is 0 Å². The van der Waals surface area contributed by atoms with Gasteiger partial charge in [-0.15, -0.1) is 0 Å². The fraction of sp³-hybridized carbons (Fsp3) is 1.00. The molecule has 0 aromatic rings. The summed E-state index contributed by atoms with van der Waals surface area (Å²) in [5.74, 6) is 0. The zero-order valence-corrected chi connectivity index (χ0v) is 9.29. The lowest BCUT2D eigenvalue weighted by Gasteiger charge is -2.42. The Morgan fingerprint density at radius 2 is 2.08 bits per heavy atom. The van der Waals surface area contributed by atoms with Gasteiger partial charge in [-0.25, -0.2) is 0 Å². The van der Waals surface area contributed by atoms with Gasteiger partial charge in [-0.1, -0.05) is 0 Å². The van der Waals surface area contributed by atoms with Gasteiger partial charge in [0.2, 0.25) is 0 Å². The van der Waals surface area contributed by atoms with Crippen molar-refractivity contribution in [2.45, 2.75) is 25.9 Å². The van der Waals surface area contributed by atoms with E-state index < -0.39 is 0 Å². The molecular formula is C10H22N2O. The molecule has 1 aliphatic heterocycles. The summed E-state index contributed by atoms with van der Waals surface area (Å²) in [4.78, 5) is 4.91. The van der Waals surface area contributed by atoms with Crippen LogP contribution in [0.4, 0.5) is 0 Å². The van der Waals surface area contributed by atoms with Gasteiger partial charge < -0.3 is 9.64 Å². The van der Waals surface area contributed by atoms with Gasteiger partial charge in [0.05, 0.1) is 6.61 Å². The SMILES string of the molecule is COCC1CN(C)CCN1C(C)C. The first kappa shape index (κ1) is 11.0. The molecule has 0 amide bonds. The Bertz CT molecular complexity index is 150. The van der Waals surface area contributed by atoms with Gasteiger partial charge in [-0.2, -0.15) is 0 Å². The van der Waals surface area contributed by atoms with E-state index in [1.54, 1.807) is 7.11 Å². The zero-order valence-electron chi connectivity index (χ0n) is 9.29. The van der Waals surface area contributed by atoms with E-state index in [2.05, 4.69) is 30.7 Å². The second-order valence-electron chi connectivity index (χ2n) is 4.20. The maximum atomic E-state index is 5.24. The van der Waals surface area contributed by atoms with Gasteiger partial charge in [0.1, 0.15) is 0 Å². The molecule has 1 aliphatic rings. The third-order valence-electron chi connectivity index (χ3n) is 2.75. The number of hydrogen-bond acceptors (Lipinski definition) is 3. The van der Waals surface area contributed by atoms with Crippen molar-refractivity contribution in [1.29, 1.82) is 0 Å². The van der Waals surface area contributed by atoms with Crippen LogP contribution in [0.25, 0.3) is 0 Å². The van der Waals surface area contributed by atoms with Crippen molar-refractivity contribution in [3.8, 4) is 0 Å². The van der Waals surface area contributed by atoms with Gasteiger partial charge >= 0.3 is 0 Å². The molecular weight excluding hydrogens is 164 g/mol. The molecule has 0 aromatic heterocycles. The van der Waals surface area contributed by atoms with E-state index in [0.29, 0.717) is 12.1 Å². The maximum absolute atomic E-state index is 5.24. The third kappa shape index (κ3) is 2.93. The predicted octanol–water partition coefficient (Wildman–Crippen LogP) is 0.657. The van der Waals surface area contributed by atoms with Crippen LogP contribution in [-0.2, 0) is 4.74 Å². The highest BCUT2D eigenvalue weighted by Gasteiger charge is 2.26. The number of rotatable bonds is 3. The predicted molar refractivity (Wildman–Crippen MR) is 55.0 cm³/mol. The lowest BCUT2D eigenvalue weighted by atomic mass is 10.1. The third-order valence-corrected chi connectivity index (χ3v) is 2.75. The van der Waals surface area contributed by atoms with Crippen molar-refractivity contribution >= 4 is 0 Å². The topological polar surface area (TPSA) is 15.7 Å². The summed E-state index contributed by atoms with van der Waals surface area (Å²) < 4.78 is 5.24. The largest absolute Gasteiger partial charge is 0.383 e. The van der Waals surface area contributed by atoms with E-state index in [1.807, 2.05) is 0 Å². The summed E-state index contributed by atoms with van der Waals surface area (Å²) in [7, 11) is 3.97. The fourth-order valence-electron chi connectivity index (χ4n) is 2.05. The second-order valence-corrected chi connectivity index (χ2v) is 4.20. The van der Waals surface area contributed by atoms with E-state index in [1.165, 1.54) is 13.1 Å². The molecule has 1 fully saturated rings. The van der Waals surface area contributed by atoms with E-state index in [9.17, 15) is 0 Å². The van der Waals surface area contributed by atoms with Gasteiger partial charge in [-0.05, 0) is 20.9 Å². The Hall–Kier alpha value is -0.120. The zero-order chi connectivity index (χ0) is 9.84. The summed E-state index contributed by atoms with van der Waals surface area (Å²) in [5, 5.41) is 0. The molecule has 1 saturated heterocycles. The van der Waals surface area contributed by atoms with Crippen LogP contribution in [0.1, 0.15) is 13.8 Å². The Labute approximate surface area is 81.7 Å². The van der Waals surface area contributed by atoms with Crippen molar-refractivity contribution in [3.05, 3.63) is 0 Å². The molecule has 0 N–H and O–H groups in total. The van der Waals surface area contributed by atoms with Crippen molar-refractivity contribution in [3.63, 3.8) is 0 Å². The van der Waals surface area contributed by atoms with Crippen LogP contribution in [-0.4, -0.2) is 62.3 Å². The number of hydrogen-bond donors (Lipinski definition) is 0. The molecule has 78 valence electrons. The normalized spacial score (nSPS) is 27.0. The lowest BCUT2D eigenvalue weighted by Crippen LogP contribution is -2.55. The molecule has 1 rings (SSSR count). The maximum Gasteiger partial charge on any atom is 0.0630 e. The molecule has 0 saturated carbocycles. The minimum atomic E-state index is 0.573. The lowest BCUT2D eigenvalue weighted by molar-refractivity contribution is 0.0166. The van der Waals surface area contributed by atoms with Gasteiger partial charge in [0.25, 0.3) is 0 Å². The van der Waals surface area contributed by atoms with Crippen LogP contribution >= 0.6 is 0 Å². The highest BCUT2D eigenvalue weighted by Crippen LogP contribution is 2.12. The average Bonchev–Trinajstić information content (AvgIpc) is 2.04. The molecule has 1 atom stereocenters. The van der Waals surface area contributed by atoms with E-state index in [4.69, 9.17) is 4.74 Å². The molecule has 0 radical (unpaired) electrons. The minimum absolute atomic E-state index is 0.573. The van der Waals surface area contributed by atoms with E-state index in [-0.39, 0.29) is 0 Å². The summed E-state index contributed by atoms with van der Waals surface area (Å²) in [6, 6.07) is 1.21. The highest BCUT2D eigenvalue weighted by molar-refractivity contribution is 4.82. The Balaban J connectivity index is 2.50. The van der Waals surface area contributed by atoms with Crippen LogP contribution < -0.4 is 0 Å². The van der Waals surface area contributed by atoms with Gasteiger partial charge in [-0.3, -0.25) is 4.90 Å². The highest BCUT2D eigenvalue weighted by atomic mass is 16.5. The standard InChI is InChI=1S/C10H22N2O/c1-9(2)12-6-5-11(3)7-10(12)8-13-4/h9-10H,5-8H2,1-4H3. The number of ether oxygens (including phenoxy) is 1.